The van der Waals surface area contributed by atoms with Gasteiger partial charge in [-0.2, -0.15) is 17.6 Å². The van der Waals surface area contributed by atoms with Gasteiger partial charge < -0.3 is 20.6 Å². The van der Waals surface area contributed by atoms with Gasteiger partial charge in [-0.25, -0.2) is 14.2 Å². The molecule has 0 radical (unpaired) electrons. The molecule has 2 aromatic carbocycles. The molecule has 1 unspecified atom stereocenters. The van der Waals surface area contributed by atoms with E-state index in [0.29, 0.717) is 28.5 Å². The second-order valence-corrected chi connectivity index (χ2v) is 15.1. The zero-order valence-electron chi connectivity index (χ0n) is 30.3. The molecule has 0 saturated heterocycles. The van der Waals surface area contributed by atoms with Crippen LogP contribution in [0.1, 0.15) is 78.4 Å². The monoisotopic (exact) mass is 786 g/mol. The van der Waals surface area contributed by atoms with E-state index >= 15 is 0 Å². The minimum atomic E-state index is -5.90. The zero-order chi connectivity index (χ0) is 40.0. The average molecular weight is 787 g/mol. The smallest absolute Gasteiger partial charge is 0.456 e. The maximum Gasteiger partial charge on any atom is 0.496 e. The highest BCUT2D eigenvalue weighted by molar-refractivity contribution is 7.99. The van der Waals surface area contributed by atoms with Crippen molar-refractivity contribution in [1.82, 2.24) is 0 Å². The second-order valence-electron chi connectivity index (χ2n) is 14.0. The highest BCUT2D eigenvalue weighted by Gasteiger charge is 2.57. The van der Waals surface area contributed by atoms with E-state index in [1.165, 1.54) is 31.5 Å². The number of hydrogen-bond acceptors (Lipinski definition) is 9. The van der Waals surface area contributed by atoms with Crippen LogP contribution in [-0.2, 0) is 36.6 Å². The van der Waals surface area contributed by atoms with Crippen molar-refractivity contribution in [3.05, 3.63) is 53.6 Å². The minimum absolute atomic E-state index is 0.0285. The lowest BCUT2D eigenvalue weighted by molar-refractivity contribution is -0.572. The number of esters is 1. The van der Waals surface area contributed by atoms with Crippen LogP contribution in [0.2, 0.25) is 0 Å². The Labute approximate surface area is 307 Å². The summed E-state index contributed by atoms with van der Waals surface area (Å²) in [6.07, 6.45) is -16.6. The van der Waals surface area contributed by atoms with Crippen molar-refractivity contribution in [3.63, 3.8) is 0 Å². The maximum atomic E-state index is 14.4. The Bertz CT molecular complexity index is 1680. The van der Waals surface area contributed by atoms with Gasteiger partial charge in [0.1, 0.15) is 11.3 Å². The molecule has 0 aliphatic rings. The molecule has 8 nitrogen and oxygen atoms in total. The summed E-state index contributed by atoms with van der Waals surface area (Å²) in [5.74, 6) is -2.36. The number of fused-ring (bicyclic) bond motifs is 1. The topological polar surface area (TPSA) is 119 Å². The number of thioether (sulfide) groups is 1. The predicted octanol–water partition coefficient (Wildman–Crippen LogP) is 9.85. The molecule has 0 saturated carbocycles. The van der Waals surface area contributed by atoms with Crippen LogP contribution in [-0.4, -0.2) is 54.7 Å². The van der Waals surface area contributed by atoms with Crippen LogP contribution >= 0.6 is 11.8 Å². The molecule has 0 fully saturated rings. The molecule has 0 aliphatic carbocycles. The van der Waals surface area contributed by atoms with Crippen LogP contribution in [0, 0.1) is 5.41 Å². The Kier molecular flexibility index (Phi) is 14.4. The summed E-state index contributed by atoms with van der Waals surface area (Å²) in [6, 6.07) is 11.2. The highest BCUT2D eigenvalue weighted by atomic mass is 32.2. The quantitative estimate of drug-likeness (QED) is 0.0358. The highest BCUT2D eigenvalue weighted by Crippen LogP contribution is 2.40. The molecular formula is C36H46F8N2O6S. The van der Waals surface area contributed by atoms with Crippen molar-refractivity contribution in [1.29, 1.82) is 0 Å². The predicted molar refractivity (Wildman–Crippen MR) is 184 cm³/mol. The summed E-state index contributed by atoms with van der Waals surface area (Å²) < 4.78 is 133. The van der Waals surface area contributed by atoms with Gasteiger partial charge in [-0.05, 0) is 88.8 Å². The Morgan fingerprint density at radius 1 is 0.849 bits per heavy atom. The van der Waals surface area contributed by atoms with E-state index in [9.17, 15) is 39.9 Å². The fourth-order valence-electron chi connectivity index (χ4n) is 5.21. The van der Waals surface area contributed by atoms with Gasteiger partial charge in [-0.15, -0.1) is 29.3 Å². The van der Waals surface area contributed by atoms with Gasteiger partial charge in [-0.3, -0.25) is 4.79 Å². The fourth-order valence-corrected chi connectivity index (χ4v) is 5.96. The Hall–Kier alpha value is -2.96. The van der Waals surface area contributed by atoms with Crippen molar-refractivity contribution in [3.8, 4) is 11.3 Å². The number of rotatable bonds is 21. The molecule has 0 bridgehead atoms. The number of ether oxygens (including phenoxy) is 4. The lowest BCUT2D eigenvalue weighted by atomic mass is 9.79. The van der Waals surface area contributed by atoms with Crippen LogP contribution in [0.3, 0.4) is 0 Å². The third-order valence-electron chi connectivity index (χ3n) is 8.13. The third kappa shape index (κ3) is 13.7. The van der Waals surface area contributed by atoms with Crippen molar-refractivity contribution >= 4 is 28.7 Å². The number of hydrogen-bond donors (Lipinski definition) is 2. The molecule has 1 atom stereocenters. The molecule has 3 aromatic rings. The van der Waals surface area contributed by atoms with Crippen molar-refractivity contribution in [2.75, 3.05) is 12.4 Å². The van der Waals surface area contributed by atoms with Gasteiger partial charge in [0.2, 0.25) is 0 Å². The van der Waals surface area contributed by atoms with Crippen molar-refractivity contribution in [2.45, 2.75) is 121 Å². The normalized spacial score (nSPS) is 14.2. The standard InChI is InChI=1S/C36H46F8N2O6S/c1-7-9-10-11-22-12-15-26(23(8-2)16-22)28-17-24-13-14-25(18-27(24)49-28)53-21-34(39,40)51-36(43,44)52-35(41,42)50-33(37,38)20-48-30(47)32(5,6)29(45)19-31(3,4)46/h12-18,29H,7-11,19-21,45-46H2,1-6H3. The Balaban J connectivity index is 1.59. The first-order valence-corrected chi connectivity index (χ1v) is 17.9. The van der Waals surface area contributed by atoms with E-state index in [2.05, 4.69) is 31.9 Å². The number of nitrogens with two attached hydrogens (primary N) is 2. The van der Waals surface area contributed by atoms with Crippen molar-refractivity contribution < 1.29 is 63.3 Å². The van der Waals surface area contributed by atoms with Crippen LogP contribution in [0.25, 0.3) is 22.3 Å². The van der Waals surface area contributed by atoms with E-state index in [1.807, 2.05) is 19.1 Å². The Morgan fingerprint density at radius 2 is 1.49 bits per heavy atom. The van der Waals surface area contributed by atoms with E-state index < -0.39 is 60.1 Å². The molecule has 298 valence electrons. The van der Waals surface area contributed by atoms with Gasteiger partial charge >= 0.3 is 30.8 Å². The number of unbranched alkanes of at least 4 members (excludes halogenated alkanes) is 2. The lowest BCUT2D eigenvalue weighted by Gasteiger charge is -2.34. The average Bonchev–Trinajstić information content (AvgIpc) is 3.43. The number of aryl methyl sites for hydroxylation is 2. The van der Waals surface area contributed by atoms with Crippen molar-refractivity contribution in [2.24, 2.45) is 16.9 Å². The molecule has 1 heterocycles. The summed E-state index contributed by atoms with van der Waals surface area (Å²) in [6.45, 7) is 7.57. The van der Waals surface area contributed by atoms with Gasteiger partial charge in [0.05, 0.1) is 11.2 Å². The number of halogens is 8. The van der Waals surface area contributed by atoms with Gasteiger partial charge in [0.25, 0.3) is 0 Å². The number of carbonyl (C=O) groups excluding carboxylic acids is 1. The first-order valence-electron chi connectivity index (χ1n) is 16.9. The molecule has 0 aliphatic heterocycles. The summed E-state index contributed by atoms with van der Waals surface area (Å²) in [7, 11) is 0. The number of alkyl halides is 8. The fraction of sp³-hybridized carbons (Fsp3) is 0.583. The van der Waals surface area contributed by atoms with Crippen LogP contribution in [0.4, 0.5) is 35.1 Å². The van der Waals surface area contributed by atoms with Crippen LogP contribution in [0.5, 0.6) is 0 Å². The number of furan rings is 1. The summed E-state index contributed by atoms with van der Waals surface area (Å²) >= 11 is 0.324. The maximum absolute atomic E-state index is 14.4. The molecular weight excluding hydrogens is 740 g/mol. The van der Waals surface area contributed by atoms with Gasteiger partial charge in [0.15, 0.2) is 6.61 Å². The Morgan fingerprint density at radius 3 is 2.09 bits per heavy atom. The first-order chi connectivity index (χ1) is 24.3. The zero-order valence-corrected chi connectivity index (χ0v) is 31.1. The minimum Gasteiger partial charge on any atom is -0.456 e. The lowest BCUT2D eigenvalue weighted by Crippen LogP contribution is -2.51. The van der Waals surface area contributed by atoms with E-state index in [4.69, 9.17) is 15.9 Å². The molecule has 4 N–H and O–H groups in total. The molecule has 17 heteroatoms. The SMILES string of the molecule is CCCCCc1ccc(-c2cc3ccc(SCC(F)(F)OC(F)(F)OC(F)(F)OC(F)(F)COC(=O)C(C)(C)C(N)CC(C)(C)N)cc3o2)c(CC)c1. The third-order valence-corrected chi connectivity index (χ3v) is 9.20. The van der Waals surface area contributed by atoms with Gasteiger partial charge in [-0.1, -0.05) is 44.9 Å². The summed E-state index contributed by atoms with van der Waals surface area (Å²) in [5.41, 5.74) is 12.7. The number of carbonyl (C=O) groups is 1. The molecule has 1 aromatic heterocycles. The number of benzene rings is 2. The summed E-state index contributed by atoms with van der Waals surface area (Å²) in [4.78, 5) is 12.5. The van der Waals surface area contributed by atoms with E-state index in [1.54, 1.807) is 26.0 Å². The van der Waals surface area contributed by atoms with Crippen LogP contribution < -0.4 is 11.5 Å². The van der Waals surface area contributed by atoms with Gasteiger partial charge in [0, 0.05) is 27.4 Å². The second kappa shape index (κ2) is 17.2. The first kappa shape index (κ1) is 44.4. The van der Waals surface area contributed by atoms with E-state index in [0.717, 1.165) is 43.2 Å². The van der Waals surface area contributed by atoms with E-state index in [-0.39, 0.29) is 11.3 Å². The molecule has 3 rings (SSSR count). The van der Waals surface area contributed by atoms with Crippen LogP contribution in [0.15, 0.2) is 51.8 Å². The largest absolute Gasteiger partial charge is 0.496 e. The molecule has 0 spiro atoms. The molecule has 53 heavy (non-hydrogen) atoms. The molecule has 0 amide bonds. The summed E-state index contributed by atoms with van der Waals surface area (Å²) in [5, 5.41) is 0.637.